The van der Waals surface area contributed by atoms with Crippen LogP contribution in [0.4, 0.5) is 0 Å². The van der Waals surface area contributed by atoms with E-state index in [-0.39, 0.29) is 0 Å². The Morgan fingerprint density at radius 3 is 2.83 bits per heavy atom. The topological polar surface area (TPSA) is 21.6 Å². The van der Waals surface area contributed by atoms with Crippen LogP contribution in [-0.4, -0.2) is 13.3 Å². The van der Waals surface area contributed by atoms with Gasteiger partial charge >= 0.3 is 0 Å². The molecule has 2 heteroatoms. The van der Waals surface area contributed by atoms with Gasteiger partial charge in [-0.1, -0.05) is 30.8 Å². The monoisotopic (exact) mass is 167 g/mol. The van der Waals surface area contributed by atoms with E-state index in [2.05, 4.69) is 28.8 Å². The maximum Gasteiger partial charge on any atom is 0.106 e. The fourth-order valence-electron chi connectivity index (χ4n) is 0.781. The number of rotatable bonds is 5. The molecule has 0 heterocycles. The van der Waals surface area contributed by atoms with Gasteiger partial charge in [-0.05, 0) is 6.42 Å². The minimum absolute atomic E-state index is 0.694. The van der Waals surface area contributed by atoms with E-state index in [0.717, 1.165) is 6.42 Å². The Morgan fingerprint density at radius 1 is 1.33 bits per heavy atom. The molecule has 0 aliphatic carbocycles. The molecule has 12 heavy (non-hydrogen) atoms. The first-order valence-corrected chi connectivity index (χ1v) is 4.42. The van der Waals surface area contributed by atoms with E-state index in [9.17, 15) is 0 Å². The molecule has 0 N–H and O–H groups in total. The summed E-state index contributed by atoms with van der Waals surface area (Å²) in [5.74, 6) is 6.08. The summed E-state index contributed by atoms with van der Waals surface area (Å²) in [6, 6.07) is 0. The molecule has 0 spiro atoms. The number of oxime groups is 1. The highest BCUT2D eigenvalue weighted by Gasteiger charge is 1.79. The highest BCUT2D eigenvalue weighted by atomic mass is 16.6. The second-order valence-corrected chi connectivity index (χ2v) is 2.49. The van der Waals surface area contributed by atoms with Crippen molar-refractivity contribution in [3.63, 3.8) is 0 Å². The lowest BCUT2D eigenvalue weighted by Gasteiger charge is -1.87. The Kier molecular flexibility index (Phi) is 9.22. The van der Waals surface area contributed by atoms with Crippen molar-refractivity contribution in [2.24, 2.45) is 5.16 Å². The van der Waals surface area contributed by atoms with E-state index < -0.39 is 0 Å². The fourth-order valence-corrected chi connectivity index (χ4v) is 0.781. The smallest absolute Gasteiger partial charge is 0.106 e. The van der Waals surface area contributed by atoms with Crippen LogP contribution in [0.25, 0.3) is 0 Å². The van der Waals surface area contributed by atoms with E-state index in [1.165, 1.54) is 26.4 Å². The van der Waals surface area contributed by atoms with Crippen molar-refractivity contribution >= 4 is 6.21 Å². The Balaban J connectivity index is 3.17. The summed E-state index contributed by atoms with van der Waals surface area (Å²) in [6.07, 6.45) is 7.13. The summed E-state index contributed by atoms with van der Waals surface area (Å²) in [5, 5.41) is 3.58. The van der Waals surface area contributed by atoms with E-state index in [4.69, 9.17) is 0 Å². The van der Waals surface area contributed by atoms with Gasteiger partial charge in [0.15, 0.2) is 0 Å². The van der Waals surface area contributed by atoms with Crippen molar-refractivity contribution in [3.05, 3.63) is 0 Å². The molecule has 0 aromatic carbocycles. The normalized spacial score (nSPS) is 9.50. The summed E-state index contributed by atoms with van der Waals surface area (Å²) < 4.78 is 0. The standard InChI is InChI=1S/C10H17NO/c1-3-4-5-6-7-8-9-10-11-12-2/h10H,3-6,9H2,1-2H3/b11-10+. The van der Waals surface area contributed by atoms with Crippen LogP contribution in [0.3, 0.4) is 0 Å². The van der Waals surface area contributed by atoms with Gasteiger partial charge in [0.25, 0.3) is 0 Å². The minimum Gasteiger partial charge on any atom is -0.399 e. The molecule has 68 valence electrons. The van der Waals surface area contributed by atoms with E-state index >= 15 is 0 Å². The summed E-state index contributed by atoms with van der Waals surface area (Å²) in [7, 11) is 1.53. The molecule has 0 aliphatic heterocycles. The van der Waals surface area contributed by atoms with E-state index in [1.54, 1.807) is 6.21 Å². The number of hydrogen-bond acceptors (Lipinski definition) is 2. The SMILES string of the molecule is CCCCCC#CC/C=N/OC. The maximum absolute atomic E-state index is 4.49. The van der Waals surface area contributed by atoms with Crippen molar-refractivity contribution in [3.8, 4) is 11.8 Å². The molecule has 0 bridgehead atoms. The second-order valence-electron chi connectivity index (χ2n) is 2.49. The van der Waals surface area contributed by atoms with Crippen LogP contribution in [0, 0.1) is 11.8 Å². The van der Waals surface area contributed by atoms with Crippen molar-refractivity contribution in [1.82, 2.24) is 0 Å². The summed E-state index contributed by atoms with van der Waals surface area (Å²) in [6.45, 7) is 2.19. The molecule has 0 aromatic heterocycles. The maximum atomic E-state index is 4.49. The van der Waals surface area contributed by atoms with E-state index in [0.29, 0.717) is 6.42 Å². The highest BCUT2D eigenvalue weighted by Crippen LogP contribution is 1.96. The predicted octanol–water partition coefficient (Wildman–Crippen LogP) is 2.59. The fraction of sp³-hybridized carbons (Fsp3) is 0.700. The molecule has 0 rings (SSSR count). The molecule has 0 saturated carbocycles. The van der Waals surface area contributed by atoms with Crippen molar-refractivity contribution < 1.29 is 4.84 Å². The quantitative estimate of drug-likeness (QED) is 0.267. The first-order valence-electron chi connectivity index (χ1n) is 4.42. The third-order valence-corrected chi connectivity index (χ3v) is 1.40. The summed E-state index contributed by atoms with van der Waals surface area (Å²) >= 11 is 0. The average Bonchev–Trinajstić information content (AvgIpc) is 2.10. The number of hydrogen-bond donors (Lipinski definition) is 0. The molecule has 0 atom stereocenters. The molecule has 0 aromatic rings. The second kappa shape index (κ2) is 10.0. The molecular weight excluding hydrogens is 150 g/mol. The van der Waals surface area contributed by atoms with Crippen LogP contribution in [0.15, 0.2) is 5.16 Å². The molecular formula is C10H17NO. The zero-order chi connectivity index (χ0) is 9.07. The number of nitrogens with zero attached hydrogens (tertiary/aromatic N) is 1. The third-order valence-electron chi connectivity index (χ3n) is 1.40. The molecule has 2 nitrogen and oxygen atoms in total. The Bertz CT molecular complexity index is 164. The third kappa shape index (κ3) is 9.03. The number of unbranched alkanes of at least 4 members (excludes halogenated alkanes) is 3. The van der Waals surface area contributed by atoms with Gasteiger partial charge in [0.05, 0.1) is 6.21 Å². The molecule has 0 amide bonds. The van der Waals surface area contributed by atoms with Crippen LogP contribution in [-0.2, 0) is 4.84 Å². The first-order chi connectivity index (χ1) is 5.91. The molecule has 0 aliphatic rings. The summed E-state index contributed by atoms with van der Waals surface area (Å²) in [4.78, 5) is 4.49. The van der Waals surface area contributed by atoms with Crippen LogP contribution in [0.1, 0.15) is 39.0 Å². The highest BCUT2D eigenvalue weighted by molar-refractivity contribution is 5.60. The van der Waals surface area contributed by atoms with Gasteiger partial charge in [0.2, 0.25) is 0 Å². The van der Waals surface area contributed by atoms with Gasteiger partial charge < -0.3 is 4.84 Å². The van der Waals surface area contributed by atoms with Crippen molar-refractivity contribution in [2.75, 3.05) is 7.11 Å². The van der Waals surface area contributed by atoms with Crippen LogP contribution < -0.4 is 0 Å². The zero-order valence-corrected chi connectivity index (χ0v) is 7.97. The average molecular weight is 167 g/mol. The van der Waals surface area contributed by atoms with Gasteiger partial charge in [0.1, 0.15) is 7.11 Å². The van der Waals surface area contributed by atoms with Gasteiger partial charge in [-0.25, -0.2) is 0 Å². The lowest BCUT2D eigenvalue weighted by Crippen LogP contribution is -1.74. The Hall–Kier alpha value is -0.970. The largest absolute Gasteiger partial charge is 0.399 e. The van der Waals surface area contributed by atoms with Gasteiger partial charge in [-0.2, -0.15) is 0 Å². The minimum atomic E-state index is 0.694. The van der Waals surface area contributed by atoms with Crippen molar-refractivity contribution in [1.29, 1.82) is 0 Å². The van der Waals surface area contributed by atoms with Crippen LogP contribution in [0.2, 0.25) is 0 Å². The van der Waals surface area contributed by atoms with Crippen LogP contribution >= 0.6 is 0 Å². The summed E-state index contributed by atoms with van der Waals surface area (Å²) in [5.41, 5.74) is 0. The Labute approximate surface area is 75.0 Å². The zero-order valence-electron chi connectivity index (χ0n) is 7.97. The lowest BCUT2D eigenvalue weighted by molar-refractivity contribution is 0.215. The molecule has 0 unspecified atom stereocenters. The van der Waals surface area contributed by atoms with Gasteiger partial charge in [-0.15, -0.1) is 5.92 Å². The van der Waals surface area contributed by atoms with Gasteiger partial charge in [0, 0.05) is 12.8 Å². The molecule has 0 radical (unpaired) electrons. The van der Waals surface area contributed by atoms with Gasteiger partial charge in [-0.3, -0.25) is 0 Å². The Morgan fingerprint density at radius 2 is 2.17 bits per heavy atom. The van der Waals surface area contributed by atoms with Crippen molar-refractivity contribution in [2.45, 2.75) is 39.0 Å². The molecule has 0 saturated heterocycles. The molecule has 0 fully saturated rings. The predicted molar refractivity (Wildman–Crippen MR) is 52.0 cm³/mol. The van der Waals surface area contributed by atoms with E-state index in [1.807, 2.05) is 0 Å². The lowest BCUT2D eigenvalue weighted by atomic mass is 10.2. The first kappa shape index (κ1) is 11.0. The van der Waals surface area contributed by atoms with Crippen LogP contribution in [0.5, 0.6) is 0 Å².